The molecule has 1 aromatic carbocycles. The maximum absolute atomic E-state index is 14.3. The van der Waals surface area contributed by atoms with Gasteiger partial charge in [-0.25, -0.2) is 4.39 Å². The topological polar surface area (TPSA) is 15.3 Å². The predicted octanol–water partition coefficient (Wildman–Crippen LogP) is 4.20. The molecular weight excluding hydrogens is 322 g/mol. The monoisotopic (exact) mass is 348 g/mol. The first-order chi connectivity index (χ1) is 9.86. The molecule has 1 saturated carbocycles. The Balaban J connectivity index is 0.00000121. The second-order valence-corrected chi connectivity index (χ2v) is 6.15. The summed E-state index contributed by atoms with van der Waals surface area (Å²) in [5.41, 5.74) is 0.918. The van der Waals surface area contributed by atoms with Crippen LogP contribution in [0.5, 0.6) is 0 Å². The molecule has 22 heavy (non-hydrogen) atoms. The van der Waals surface area contributed by atoms with Crippen LogP contribution in [0.25, 0.3) is 0 Å². The lowest BCUT2D eigenvalue weighted by Gasteiger charge is -2.41. The number of rotatable bonds is 3. The third kappa shape index (κ3) is 4.58. The lowest BCUT2D eigenvalue weighted by atomic mass is 9.80. The zero-order valence-electron chi connectivity index (χ0n) is 13.0. The zero-order valence-corrected chi connectivity index (χ0v) is 14.6. The van der Waals surface area contributed by atoms with Crippen LogP contribution in [-0.4, -0.2) is 31.1 Å². The summed E-state index contributed by atoms with van der Waals surface area (Å²) < 4.78 is 14.3. The Bertz CT molecular complexity index is 414. The van der Waals surface area contributed by atoms with Crippen molar-refractivity contribution < 1.29 is 4.39 Å². The van der Waals surface area contributed by atoms with Gasteiger partial charge in [-0.15, -0.1) is 24.8 Å². The van der Waals surface area contributed by atoms with Gasteiger partial charge in [0.2, 0.25) is 0 Å². The minimum atomic E-state index is -0.0263. The van der Waals surface area contributed by atoms with Crippen LogP contribution in [-0.2, 0) is 0 Å². The molecule has 0 amide bonds. The van der Waals surface area contributed by atoms with Crippen molar-refractivity contribution in [3.05, 3.63) is 35.6 Å². The Hall–Kier alpha value is -0.350. The van der Waals surface area contributed by atoms with E-state index in [-0.39, 0.29) is 36.7 Å². The van der Waals surface area contributed by atoms with Gasteiger partial charge in [-0.05, 0) is 24.8 Å². The Labute approximate surface area is 145 Å². The van der Waals surface area contributed by atoms with Crippen LogP contribution in [0.15, 0.2) is 24.3 Å². The van der Waals surface area contributed by atoms with Crippen LogP contribution in [0.4, 0.5) is 4.39 Å². The fourth-order valence-corrected chi connectivity index (χ4v) is 3.87. The number of piperazine rings is 1. The molecule has 2 aliphatic rings. The average Bonchev–Trinajstić information content (AvgIpc) is 2.52. The van der Waals surface area contributed by atoms with Crippen molar-refractivity contribution in [3.8, 4) is 0 Å². The van der Waals surface area contributed by atoms with E-state index in [0.29, 0.717) is 5.92 Å². The molecule has 2 fully saturated rings. The molecule has 0 spiro atoms. The molecule has 0 aromatic heterocycles. The fraction of sp³-hybridized carbons (Fsp3) is 0.647. The van der Waals surface area contributed by atoms with Crippen LogP contribution >= 0.6 is 24.8 Å². The van der Waals surface area contributed by atoms with Crippen molar-refractivity contribution >= 4 is 24.8 Å². The van der Waals surface area contributed by atoms with Crippen molar-refractivity contribution in [2.24, 2.45) is 5.92 Å². The van der Waals surface area contributed by atoms with Gasteiger partial charge in [0.15, 0.2) is 0 Å². The lowest BCUT2D eigenvalue weighted by Crippen LogP contribution is -2.47. The van der Waals surface area contributed by atoms with Crippen molar-refractivity contribution in [2.75, 3.05) is 26.2 Å². The number of halogens is 3. The fourth-order valence-electron chi connectivity index (χ4n) is 3.87. The van der Waals surface area contributed by atoms with E-state index in [1.165, 1.54) is 32.1 Å². The van der Waals surface area contributed by atoms with Gasteiger partial charge in [-0.2, -0.15) is 0 Å². The summed E-state index contributed by atoms with van der Waals surface area (Å²) in [4.78, 5) is 2.50. The standard InChI is InChI=1S/C17H25FN2.2ClH/c18-16-9-5-4-8-15(16)17(14-6-2-1-3-7-14)20-12-10-19-11-13-20;;/h4-5,8-9,14,17,19H,1-3,6-7,10-13H2;2*1H/t17-;;/m1../s1. The minimum absolute atomic E-state index is 0. The highest BCUT2D eigenvalue weighted by Crippen LogP contribution is 2.39. The molecule has 1 aliphatic carbocycles. The molecule has 0 radical (unpaired) electrons. The number of nitrogens with zero attached hydrogens (tertiary/aromatic N) is 1. The van der Waals surface area contributed by atoms with Gasteiger partial charge >= 0.3 is 0 Å². The molecule has 3 rings (SSSR count). The largest absolute Gasteiger partial charge is 0.314 e. The third-order valence-corrected chi connectivity index (χ3v) is 4.87. The molecule has 1 saturated heterocycles. The van der Waals surface area contributed by atoms with E-state index in [0.717, 1.165) is 31.7 Å². The summed E-state index contributed by atoms with van der Waals surface area (Å²) in [5, 5.41) is 3.40. The van der Waals surface area contributed by atoms with E-state index in [1.54, 1.807) is 12.1 Å². The molecule has 1 aromatic rings. The van der Waals surface area contributed by atoms with Crippen LogP contribution in [0.2, 0.25) is 0 Å². The van der Waals surface area contributed by atoms with Gasteiger partial charge in [0, 0.05) is 37.8 Å². The van der Waals surface area contributed by atoms with Crippen molar-refractivity contribution in [2.45, 2.75) is 38.1 Å². The third-order valence-electron chi connectivity index (χ3n) is 4.87. The molecule has 1 aliphatic heterocycles. The Morgan fingerprint density at radius 3 is 2.27 bits per heavy atom. The first-order valence-corrected chi connectivity index (χ1v) is 8.05. The summed E-state index contributed by atoms with van der Waals surface area (Å²) in [5.74, 6) is 0.598. The highest BCUT2D eigenvalue weighted by atomic mass is 35.5. The number of hydrogen-bond acceptors (Lipinski definition) is 2. The predicted molar refractivity (Wildman–Crippen MR) is 94.7 cm³/mol. The number of hydrogen-bond donors (Lipinski definition) is 1. The second-order valence-electron chi connectivity index (χ2n) is 6.15. The summed E-state index contributed by atoms with van der Waals surface area (Å²) >= 11 is 0. The van der Waals surface area contributed by atoms with E-state index in [9.17, 15) is 4.39 Å². The van der Waals surface area contributed by atoms with Gasteiger partial charge in [-0.3, -0.25) is 4.90 Å². The highest BCUT2D eigenvalue weighted by molar-refractivity contribution is 5.85. The SMILES string of the molecule is Cl.Cl.Fc1ccccc1[C@@H](C1CCCCC1)N1CCNCC1. The smallest absolute Gasteiger partial charge is 0.127 e. The summed E-state index contributed by atoms with van der Waals surface area (Å²) in [6.45, 7) is 4.13. The summed E-state index contributed by atoms with van der Waals surface area (Å²) in [6.07, 6.45) is 6.47. The Kier molecular flexibility index (Phi) is 8.70. The molecule has 1 heterocycles. The summed E-state index contributed by atoms with van der Waals surface area (Å²) in [7, 11) is 0. The summed E-state index contributed by atoms with van der Waals surface area (Å²) in [6, 6.07) is 7.67. The van der Waals surface area contributed by atoms with Crippen molar-refractivity contribution in [1.82, 2.24) is 10.2 Å². The quantitative estimate of drug-likeness (QED) is 0.880. The van der Waals surface area contributed by atoms with Gasteiger partial charge in [0.25, 0.3) is 0 Å². The molecule has 1 atom stereocenters. The maximum Gasteiger partial charge on any atom is 0.127 e. The van der Waals surface area contributed by atoms with Crippen molar-refractivity contribution in [1.29, 1.82) is 0 Å². The highest BCUT2D eigenvalue weighted by Gasteiger charge is 2.32. The van der Waals surface area contributed by atoms with Crippen LogP contribution < -0.4 is 5.32 Å². The van der Waals surface area contributed by atoms with Gasteiger partial charge in [-0.1, -0.05) is 37.5 Å². The molecule has 0 unspecified atom stereocenters. The molecular formula is C17H27Cl2FN2. The second kappa shape index (κ2) is 9.71. The van der Waals surface area contributed by atoms with E-state index in [1.807, 2.05) is 12.1 Å². The van der Waals surface area contributed by atoms with E-state index >= 15 is 0 Å². The zero-order chi connectivity index (χ0) is 13.8. The van der Waals surface area contributed by atoms with E-state index < -0.39 is 0 Å². The maximum atomic E-state index is 14.3. The van der Waals surface area contributed by atoms with E-state index in [4.69, 9.17) is 0 Å². The average molecular weight is 349 g/mol. The van der Waals surface area contributed by atoms with Crippen LogP contribution in [0.3, 0.4) is 0 Å². The van der Waals surface area contributed by atoms with Crippen LogP contribution in [0.1, 0.15) is 43.7 Å². The van der Waals surface area contributed by atoms with Crippen molar-refractivity contribution in [3.63, 3.8) is 0 Å². The molecule has 5 heteroatoms. The Morgan fingerprint density at radius 2 is 1.64 bits per heavy atom. The molecule has 126 valence electrons. The normalized spacial score (nSPS) is 21.5. The first kappa shape index (κ1) is 19.7. The minimum Gasteiger partial charge on any atom is -0.314 e. The van der Waals surface area contributed by atoms with Crippen LogP contribution in [0, 0.1) is 11.7 Å². The molecule has 2 nitrogen and oxygen atoms in total. The molecule has 0 bridgehead atoms. The van der Waals surface area contributed by atoms with Gasteiger partial charge < -0.3 is 5.32 Å². The Morgan fingerprint density at radius 1 is 1.00 bits per heavy atom. The number of benzene rings is 1. The van der Waals surface area contributed by atoms with E-state index in [2.05, 4.69) is 10.2 Å². The van der Waals surface area contributed by atoms with Gasteiger partial charge in [0.1, 0.15) is 5.82 Å². The van der Waals surface area contributed by atoms with Gasteiger partial charge in [0.05, 0.1) is 0 Å². The first-order valence-electron chi connectivity index (χ1n) is 8.05. The number of nitrogens with one attached hydrogen (secondary N) is 1. The molecule has 1 N–H and O–H groups in total. The lowest BCUT2D eigenvalue weighted by molar-refractivity contribution is 0.101.